The second-order valence-electron chi connectivity index (χ2n) is 3.60. The van der Waals surface area contributed by atoms with Gasteiger partial charge in [-0.3, -0.25) is 4.79 Å². The molecule has 1 aromatic rings. The van der Waals surface area contributed by atoms with Gasteiger partial charge in [-0.1, -0.05) is 23.2 Å². The number of nitrogens with one attached hydrogen (secondary N) is 1. The van der Waals surface area contributed by atoms with E-state index in [1.807, 2.05) is 0 Å². The molecule has 2 N–H and O–H groups in total. The molecule has 0 spiro atoms. The zero-order valence-corrected chi connectivity index (χ0v) is 11.9. The first kappa shape index (κ1) is 15.2. The summed E-state index contributed by atoms with van der Waals surface area (Å²) in [4.78, 5) is 22.8. The third-order valence-electron chi connectivity index (χ3n) is 2.37. The molecule has 0 aliphatic carbocycles. The predicted octanol–water partition coefficient (Wildman–Crippen LogP) is 1.83. The van der Waals surface area contributed by atoms with Gasteiger partial charge < -0.3 is 15.0 Å². The van der Waals surface area contributed by atoms with Crippen molar-refractivity contribution in [1.82, 2.24) is 9.88 Å². The fraction of sp³-hybridized carbons (Fsp3) is 0.400. The van der Waals surface area contributed by atoms with Gasteiger partial charge in [0.25, 0.3) is 5.91 Å². The lowest BCUT2D eigenvalue weighted by molar-refractivity contribution is -0.139. The van der Waals surface area contributed by atoms with Crippen LogP contribution in [0.15, 0.2) is 6.07 Å². The van der Waals surface area contributed by atoms with Crippen molar-refractivity contribution in [2.75, 3.05) is 5.75 Å². The van der Waals surface area contributed by atoms with Crippen LogP contribution in [-0.4, -0.2) is 33.3 Å². The summed E-state index contributed by atoms with van der Waals surface area (Å²) >= 11 is 15.5. The van der Waals surface area contributed by atoms with Crippen LogP contribution >= 0.6 is 35.8 Å². The van der Waals surface area contributed by atoms with Gasteiger partial charge in [-0.05, 0) is 18.2 Å². The van der Waals surface area contributed by atoms with E-state index >= 15 is 0 Å². The zero-order chi connectivity index (χ0) is 13.9. The van der Waals surface area contributed by atoms with Gasteiger partial charge in [-0.2, -0.15) is 12.6 Å². The van der Waals surface area contributed by atoms with E-state index in [9.17, 15) is 9.59 Å². The van der Waals surface area contributed by atoms with Gasteiger partial charge in [0.1, 0.15) is 16.9 Å². The van der Waals surface area contributed by atoms with Gasteiger partial charge in [0.15, 0.2) is 0 Å². The highest BCUT2D eigenvalue weighted by Crippen LogP contribution is 2.25. The van der Waals surface area contributed by atoms with Crippen LogP contribution in [0.4, 0.5) is 0 Å². The summed E-state index contributed by atoms with van der Waals surface area (Å²) in [6.07, 6.45) is 0.232. The molecule has 0 bridgehead atoms. The summed E-state index contributed by atoms with van der Waals surface area (Å²) in [6, 6.07) is 0.404. The number of rotatable bonds is 5. The number of carboxylic acid groups (broad SMARTS) is 1. The summed E-state index contributed by atoms with van der Waals surface area (Å²) < 4.78 is 1.39. The average Bonchev–Trinajstić information content (AvgIpc) is 2.56. The molecule has 0 aliphatic rings. The number of carbonyl (C=O) groups excluding carboxylic acids is 1. The van der Waals surface area contributed by atoms with E-state index in [0.29, 0.717) is 5.75 Å². The lowest BCUT2D eigenvalue weighted by Crippen LogP contribution is -2.41. The number of halogens is 2. The average molecular weight is 311 g/mol. The third-order valence-corrected chi connectivity index (χ3v) is 3.47. The quantitative estimate of drug-likeness (QED) is 0.727. The number of thiol groups is 1. The normalized spacial score (nSPS) is 12.2. The van der Waals surface area contributed by atoms with Crippen LogP contribution in [0.5, 0.6) is 0 Å². The number of nitrogens with zero attached hydrogens (tertiary/aromatic N) is 1. The molecule has 0 aliphatic heterocycles. The molecule has 0 fully saturated rings. The zero-order valence-electron chi connectivity index (χ0n) is 9.48. The van der Waals surface area contributed by atoms with Crippen LogP contribution in [0.1, 0.15) is 16.9 Å². The Balaban J connectivity index is 2.87. The minimum absolute atomic E-state index is 0.204. The molecule has 18 heavy (non-hydrogen) atoms. The summed E-state index contributed by atoms with van der Waals surface area (Å²) in [5.41, 5.74) is 0.204. The number of hydrogen-bond acceptors (Lipinski definition) is 3. The molecule has 100 valence electrons. The molecule has 0 saturated heterocycles. The molecule has 1 rings (SSSR count). The number of aromatic nitrogens is 1. The van der Waals surface area contributed by atoms with E-state index in [1.165, 1.54) is 10.6 Å². The summed E-state index contributed by atoms with van der Waals surface area (Å²) in [7, 11) is 1.57. The van der Waals surface area contributed by atoms with E-state index in [4.69, 9.17) is 28.3 Å². The molecule has 0 saturated carbocycles. The van der Waals surface area contributed by atoms with Crippen molar-refractivity contribution < 1.29 is 14.7 Å². The molecular weight excluding hydrogens is 299 g/mol. The van der Waals surface area contributed by atoms with Gasteiger partial charge in [0.2, 0.25) is 0 Å². The monoisotopic (exact) mass is 310 g/mol. The van der Waals surface area contributed by atoms with Crippen LogP contribution in [0.3, 0.4) is 0 Å². The maximum absolute atomic E-state index is 11.9. The third kappa shape index (κ3) is 3.34. The minimum Gasteiger partial charge on any atom is -0.480 e. The van der Waals surface area contributed by atoms with E-state index in [0.717, 1.165) is 0 Å². The minimum atomic E-state index is -1.11. The molecule has 0 radical (unpaired) electrons. The molecule has 1 amide bonds. The van der Waals surface area contributed by atoms with Gasteiger partial charge in [-0.25, -0.2) is 4.79 Å². The van der Waals surface area contributed by atoms with E-state index in [-0.39, 0.29) is 22.3 Å². The highest BCUT2D eigenvalue weighted by atomic mass is 35.5. The second-order valence-corrected chi connectivity index (χ2v) is 4.82. The van der Waals surface area contributed by atoms with Crippen LogP contribution in [-0.2, 0) is 11.8 Å². The number of amides is 1. The summed E-state index contributed by atoms with van der Waals surface area (Å²) in [6.45, 7) is 0. The fourth-order valence-electron chi connectivity index (χ4n) is 1.38. The van der Waals surface area contributed by atoms with Crippen molar-refractivity contribution >= 4 is 47.7 Å². The lowest BCUT2D eigenvalue weighted by Gasteiger charge is -2.13. The van der Waals surface area contributed by atoms with Crippen molar-refractivity contribution in [3.8, 4) is 0 Å². The van der Waals surface area contributed by atoms with Crippen LogP contribution in [0.25, 0.3) is 0 Å². The molecular formula is C10H12Cl2N2O3S. The van der Waals surface area contributed by atoms with Gasteiger partial charge in [0.05, 0.1) is 5.02 Å². The molecule has 1 atom stereocenters. The van der Waals surface area contributed by atoms with E-state index < -0.39 is 17.9 Å². The summed E-state index contributed by atoms with van der Waals surface area (Å²) in [5, 5.41) is 11.8. The maximum atomic E-state index is 11.9. The number of carbonyl (C=O) groups is 2. The second kappa shape index (κ2) is 6.36. The van der Waals surface area contributed by atoms with Crippen molar-refractivity contribution in [1.29, 1.82) is 0 Å². The van der Waals surface area contributed by atoms with Crippen molar-refractivity contribution in [3.05, 3.63) is 21.9 Å². The highest BCUT2D eigenvalue weighted by molar-refractivity contribution is 7.80. The first-order chi connectivity index (χ1) is 8.38. The van der Waals surface area contributed by atoms with E-state index in [1.54, 1.807) is 7.05 Å². The molecule has 0 aromatic carbocycles. The van der Waals surface area contributed by atoms with Gasteiger partial charge in [0, 0.05) is 7.05 Å². The number of carboxylic acids is 1. The Morgan fingerprint density at radius 3 is 2.56 bits per heavy atom. The van der Waals surface area contributed by atoms with Crippen LogP contribution < -0.4 is 5.32 Å². The van der Waals surface area contributed by atoms with Crippen molar-refractivity contribution in [2.24, 2.45) is 7.05 Å². The Labute approximate surface area is 119 Å². The highest BCUT2D eigenvalue weighted by Gasteiger charge is 2.22. The molecule has 1 aromatic heterocycles. The molecule has 8 heteroatoms. The Morgan fingerprint density at radius 1 is 1.56 bits per heavy atom. The Kier molecular flexibility index (Phi) is 5.37. The Morgan fingerprint density at radius 2 is 2.17 bits per heavy atom. The maximum Gasteiger partial charge on any atom is 0.326 e. The largest absolute Gasteiger partial charge is 0.480 e. The van der Waals surface area contributed by atoms with Crippen LogP contribution in [0.2, 0.25) is 10.2 Å². The van der Waals surface area contributed by atoms with E-state index in [2.05, 4.69) is 17.9 Å². The lowest BCUT2D eigenvalue weighted by atomic mass is 10.2. The van der Waals surface area contributed by atoms with Crippen LogP contribution in [0, 0.1) is 0 Å². The van der Waals surface area contributed by atoms with Gasteiger partial charge in [-0.15, -0.1) is 0 Å². The first-order valence-electron chi connectivity index (χ1n) is 5.03. The fourth-order valence-corrected chi connectivity index (χ4v) is 2.01. The van der Waals surface area contributed by atoms with Gasteiger partial charge >= 0.3 is 5.97 Å². The SMILES string of the molecule is Cn1c(C(=O)NC(CCS)C(=O)O)cc(Cl)c1Cl. The van der Waals surface area contributed by atoms with Crippen molar-refractivity contribution in [2.45, 2.75) is 12.5 Å². The number of aliphatic carboxylic acids is 1. The summed E-state index contributed by atoms with van der Waals surface area (Å²) in [5.74, 6) is -1.30. The smallest absolute Gasteiger partial charge is 0.326 e. The predicted molar refractivity (Wildman–Crippen MR) is 72.8 cm³/mol. The first-order valence-corrected chi connectivity index (χ1v) is 6.42. The topological polar surface area (TPSA) is 71.3 Å². The molecule has 1 heterocycles. The molecule has 5 nitrogen and oxygen atoms in total. The standard InChI is InChI=1S/C10H12Cl2N2O3S/c1-14-7(4-5(11)8(14)12)9(15)13-6(2-3-18)10(16)17/h4,6,18H,2-3H2,1H3,(H,13,15)(H,16,17). The molecule has 1 unspecified atom stereocenters. The Hall–Kier alpha value is -0.850. The van der Waals surface area contributed by atoms with Crippen molar-refractivity contribution in [3.63, 3.8) is 0 Å². The number of hydrogen-bond donors (Lipinski definition) is 3. The Bertz CT molecular complexity index is 476.